The zero-order valence-electron chi connectivity index (χ0n) is 22.4. The lowest BCUT2D eigenvalue weighted by atomic mass is 9.88. The summed E-state index contributed by atoms with van der Waals surface area (Å²) < 4.78 is 23.1. The molecule has 1 saturated carbocycles. The molecule has 2 heterocycles. The van der Waals surface area contributed by atoms with Gasteiger partial charge in [0.25, 0.3) is 5.91 Å². The maximum atomic E-state index is 16.3. The normalized spacial score (nSPS) is 19.7. The van der Waals surface area contributed by atoms with Crippen molar-refractivity contribution in [3.05, 3.63) is 98.5 Å². The predicted molar refractivity (Wildman–Crippen MR) is 151 cm³/mol. The molecule has 2 aromatic carbocycles. The number of rotatable bonds is 11. The van der Waals surface area contributed by atoms with Gasteiger partial charge in [-0.1, -0.05) is 35.3 Å². The Bertz CT molecular complexity index is 1390. The number of aliphatic hydroxyl groups is 2. The molecule has 1 aromatic heterocycles. The van der Waals surface area contributed by atoms with Crippen molar-refractivity contribution in [3.63, 3.8) is 0 Å². The molecule has 2 aliphatic rings. The highest BCUT2D eigenvalue weighted by molar-refractivity contribution is 6.30. The van der Waals surface area contributed by atoms with Gasteiger partial charge in [-0.3, -0.25) is 14.7 Å². The SMILES string of the molecule is CC(C)(O)c1cc(F)c2c(c1)C(=O)N(Cc1ccc(Cl)cn1)C2(OCC1(CNCCO)CC1)c1ccc(Cl)cc1. The van der Waals surface area contributed by atoms with Crippen molar-refractivity contribution < 1.29 is 24.1 Å². The summed E-state index contributed by atoms with van der Waals surface area (Å²) in [7, 11) is 0. The monoisotopic (exact) mass is 587 g/mol. The van der Waals surface area contributed by atoms with Crippen molar-refractivity contribution in [1.82, 2.24) is 15.2 Å². The van der Waals surface area contributed by atoms with Crippen LogP contribution < -0.4 is 5.32 Å². The van der Waals surface area contributed by atoms with Crippen LogP contribution in [0.15, 0.2) is 54.7 Å². The van der Waals surface area contributed by atoms with Crippen LogP contribution in [0.3, 0.4) is 0 Å². The Kier molecular flexibility index (Phi) is 7.96. The Morgan fingerprint density at radius 3 is 2.42 bits per heavy atom. The number of carbonyl (C=O) groups excluding carboxylic acids is 1. The Morgan fingerprint density at radius 1 is 1.12 bits per heavy atom. The van der Waals surface area contributed by atoms with Gasteiger partial charge < -0.3 is 20.3 Å². The van der Waals surface area contributed by atoms with Gasteiger partial charge in [-0.2, -0.15) is 0 Å². The molecule has 0 radical (unpaired) electrons. The van der Waals surface area contributed by atoms with Crippen LogP contribution in [0, 0.1) is 11.2 Å². The number of hydrogen-bond donors (Lipinski definition) is 3. The number of aromatic nitrogens is 1. The molecule has 1 aliphatic heterocycles. The van der Waals surface area contributed by atoms with E-state index in [-0.39, 0.29) is 41.9 Å². The smallest absolute Gasteiger partial charge is 0.257 e. The summed E-state index contributed by atoms with van der Waals surface area (Å²) in [4.78, 5) is 20.1. The van der Waals surface area contributed by atoms with Gasteiger partial charge in [0.1, 0.15) is 5.82 Å². The lowest BCUT2D eigenvalue weighted by molar-refractivity contribution is -0.126. The van der Waals surface area contributed by atoms with Crippen LogP contribution in [0.25, 0.3) is 0 Å². The van der Waals surface area contributed by atoms with Crippen molar-refractivity contribution in [3.8, 4) is 0 Å². The van der Waals surface area contributed by atoms with Crippen molar-refractivity contribution in [2.45, 2.75) is 44.6 Å². The molecule has 1 fully saturated rings. The number of benzene rings is 2. The third kappa shape index (κ3) is 5.49. The van der Waals surface area contributed by atoms with Gasteiger partial charge in [-0.25, -0.2) is 4.39 Å². The van der Waals surface area contributed by atoms with Crippen molar-refractivity contribution in [2.24, 2.45) is 5.41 Å². The Hall–Kier alpha value is -2.59. The molecule has 1 unspecified atom stereocenters. The van der Waals surface area contributed by atoms with E-state index in [0.29, 0.717) is 34.4 Å². The third-order valence-corrected chi connectivity index (χ3v) is 8.14. The standard InChI is InChI=1S/C30H32Cl2FN3O4/c1-28(2,39)20-13-24-26(25(33)14-20)30(19-3-5-21(31)6-4-19,40-18-29(9-10-29)17-34-11-12-37)36(27(24)38)16-23-8-7-22(32)15-35-23/h3-8,13-15,34,37,39H,9-12,16-18H2,1-2H3. The lowest BCUT2D eigenvalue weighted by Gasteiger charge is -2.40. The van der Waals surface area contributed by atoms with E-state index >= 15 is 4.39 Å². The Morgan fingerprint density at radius 2 is 1.82 bits per heavy atom. The zero-order chi connectivity index (χ0) is 28.7. The minimum Gasteiger partial charge on any atom is -0.395 e. The van der Waals surface area contributed by atoms with E-state index in [2.05, 4.69) is 10.3 Å². The van der Waals surface area contributed by atoms with E-state index in [1.807, 2.05) is 0 Å². The highest BCUT2D eigenvalue weighted by atomic mass is 35.5. The molecule has 5 rings (SSSR count). The minimum absolute atomic E-state index is 0.0142. The number of nitrogens with one attached hydrogen (secondary N) is 1. The average Bonchev–Trinajstić information content (AvgIpc) is 3.64. The summed E-state index contributed by atoms with van der Waals surface area (Å²) in [5, 5.41) is 24.1. The number of nitrogens with zero attached hydrogens (tertiary/aromatic N) is 2. The van der Waals surface area contributed by atoms with Crippen LogP contribution in [-0.2, 0) is 22.6 Å². The van der Waals surface area contributed by atoms with Crippen molar-refractivity contribution in [2.75, 3.05) is 26.3 Å². The second-order valence-electron chi connectivity index (χ2n) is 11.1. The Balaban J connectivity index is 1.68. The number of hydrogen-bond acceptors (Lipinski definition) is 6. The van der Waals surface area contributed by atoms with Crippen molar-refractivity contribution in [1.29, 1.82) is 0 Å². The van der Waals surface area contributed by atoms with Crippen LogP contribution >= 0.6 is 23.2 Å². The molecule has 0 bridgehead atoms. The number of halogens is 3. The van der Waals surface area contributed by atoms with E-state index in [1.54, 1.807) is 56.3 Å². The van der Waals surface area contributed by atoms with Crippen LogP contribution in [0.1, 0.15) is 59.4 Å². The molecule has 1 amide bonds. The fourth-order valence-corrected chi connectivity index (χ4v) is 5.43. The fourth-order valence-electron chi connectivity index (χ4n) is 5.19. The van der Waals surface area contributed by atoms with E-state index in [9.17, 15) is 15.0 Å². The first kappa shape index (κ1) is 28.9. The first-order valence-electron chi connectivity index (χ1n) is 13.2. The molecule has 3 aromatic rings. The molecule has 7 nitrogen and oxygen atoms in total. The summed E-state index contributed by atoms with van der Waals surface area (Å²) in [6.07, 6.45) is 3.28. The first-order valence-corrected chi connectivity index (χ1v) is 14.0. The largest absolute Gasteiger partial charge is 0.395 e. The molecule has 10 heteroatoms. The molecule has 0 saturated heterocycles. The summed E-state index contributed by atoms with van der Waals surface area (Å²) in [6, 6.07) is 13.0. The third-order valence-electron chi connectivity index (χ3n) is 7.67. The number of amides is 1. The summed E-state index contributed by atoms with van der Waals surface area (Å²) in [5.74, 6) is -1.11. The molecular formula is C30H32Cl2FN3O4. The average molecular weight is 589 g/mol. The van der Waals surface area contributed by atoms with Crippen LogP contribution in [0.2, 0.25) is 10.0 Å². The molecule has 1 aliphatic carbocycles. The maximum Gasteiger partial charge on any atom is 0.257 e. The van der Waals surface area contributed by atoms with E-state index < -0.39 is 23.1 Å². The number of carbonyl (C=O) groups is 1. The second kappa shape index (κ2) is 11.0. The number of aliphatic hydroxyl groups excluding tert-OH is 1. The summed E-state index contributed by atoms with van der Waals surface area (Å²) in [6.45, 7) is 4.42. The maximum absolute atomic E-state index is 16.3. The second-order valence-corrected chi connectivity index (χ2v) is 12.0. The number of pyridine rings is 1. The van der Waals surface area contributed by atoms with E-state index in [0.717, 1.165) is 12.8 Å². The number of fused-ring (bicyclic) bond motifs is 1. The van der Waals surface area contributed by atoms with Gasteiger partial charge in [-0.15, -0.1) is 0 Å². The highest BCUT2D eigenvalue weighted by Gasteiger charge is 2.56. The van der Waals surface area contributed by atoms with Crippen molar-refractivity contribution >= 4 is 29.1 Å². The summed E-state index contributed by atoms with van der Waals surface area (Å²) in [5.41, 5.74) is -1.66. The first-order chi connectivity index (χ1) is 19.0. The highest BCUT2D eigenvalue weighted by Crippen LogP contribution is 2.52. The van der Waals surface area contributed by atoms with Gasteiger partial charge in [0.15, 0.2) is 5.72 Å². The van der Waals surface area contributed by atoms with Gasteiger partial charge in [0.05, 0.1) is 47.2 Å². The molecule has 40 heavy (non-hydrogen) atoms. The zero-order valence-corrected chi connectivity index (χ0v) is 23.9. The number of ether oxygens (including phenoxy) is 1. The van der Waals surface area contributed by atoms with Crippen LogP contribution in [-0.4, -0.2) is 52.3 Å². The molecular weight excluding hydrogens is 556 g/mol. The summed E-state index contributed by atoms with van der Waals surface area (Å²) >= 11 is 12.3. The van der Waals surface area contributed by atoms with Gasteiger partial charge in [0.2, 0.25) is 0 Å². The fraction of sp³-hybridized carbons (Fsp3) is 0.400. The topological polar surface area (TPSA) is 94.9 Å². The van der Waals surface area contributed by atoms with Gasteiger partial charge in [-0.05, 0) is 68.7 Å². The molecule has 212 valence electrons. The van der Waals surface area contributed by atoms with E-state index in [1.165, 1.54) is 17.2 Å². The van der Waals surface area contributed by atoms with Gasteiger partial charge >= 0.3 is 0 Å². The quantitative estimate of drug-likeness (QED) is 0.274. The lowest BCUT2D eigenvalue weighted by Crippen LogP contribution is -2.48. The van der Waals surface area contributed by atoms with Crippen LogP contribution in [0.5, 0.6) is 0 Å². The molecule has 3 N–H and O–H groups in total. The van der Waals surface area contributed by atoms with Crippen LogP contribution in [0.4, 0.5) is 4.39 Å². The molecule has 1 atom stereocenters. The Labute approximate surface area is 242 Å². The van der Waals surface area contributed by atoms with E-state index in [4.69, 9.17) is 27.9 Å². The molecule has 0 spiro atoms. The predicted octanol–water partition coefficient (Wildman–Crippen LogP) is 4.99. The van der Waals surface area contributed by atoms with Gasteiger partial charge in [0, 0.05) is 35.3 Å². The minimum atomic E-state index is -1.63.